The molecule has 0 unspecified atom stereocenters. The van der Waals surface area contributed by atoms with Crippen molar-refractivity contribution in [3.05, 3.63) is 27.9 Å². The molecule has 84 valence electrons. The molecule has 1 heterocycles. The van der Waals surface area contributed by atoms with Gasteiger partial charge in [-0.1, -0.05) is 0 Å². The smallest absolute Gasteiger partial charge is 0.372 e. The quantitative estimate of drug-likeness (QED) is 0.920. The van der Waals surface area contributed by atoms with Gasteiger partial charge >= 0.3 is 5.97 Å². The van der Waals surface area contributed by atoms with Gasteiger partial charge in [-0.3, -0.25) is 0 Å². The molecule has 0 radical (unpaired) electrons. The molecule has 2 aromatic rings. The third-order valence-corrected chi connectivity index (χ3v) is 2.98. The van der Waals surface area contributed by atoms with Gasteiger partial charge in [0, 0.05) is 10.9 Å². The number of rotatable bonds is 2. The van der Waals surface area contributed by atoms with E-state index in [1.165, 1.54) is 0 Å². The average Bonchev–Trinajstić information content (AvgIpc) is 2.57. The number of aromatic carboxylic acids is 1. The summed E-state index contributed by atoms with van der Waals surface area (Å²) >= 11 is 3.32. The minimum Gasteiger partial charge on any atom is -0.497 e. The van der Waals surface area contributed by atoms with Crippen molar-refractivity contribution in [2.24, 2.45) is 0 Å². The van der Waals surface area contributed by atoms with Crippen molar-refractivity contribution in [1.82, 2.24) is 0 Å². The Hall–Kier alpha value is -1.49. The zero-order valence-electron chi connectivity index (χ0n) is 8.70. The highest BCUT2D eigenvalue weighted by atomic mass is 79.9. The second-order valence-corrected chi connectivity index (χ2v) is 4.20. The van der Waals surface area contributed by atoms with Crippen molar-refractivity contribution in [3.8, 4) is 5.75 Å². The van der Waals surface area contributed by atoms with Crippen LogP contribution in [0.5, 0.6) is 5.75 Å². The van der Waals surface area contributed by atoms with Crippen LogP contribution in [-0.4, -0.2) is 18.2 Å². The van der Waals surface area contributed by atoms with Crippen LogP contribution in [0.25, 0.3) is 11.0 Å². The van der Waals surface area contributed by atoms with Crippen LogP contribution < -0.4 is 4.74 Å². The Morgan fingerprint density at radius 1 is 1.50 bits per heavy atom. The van der Waals surface area contributed by atoms with Crippen molar-refractivity contribution >= 4 is 32.9 Å². The van der Waals surface area contributed by atoms with Crippen LogP contribution in [0.2, 0.25) is 0 Å². The van der Waals surface area contributed by atoms with Crippen LogP contribution in [0.4, 0.5) is 0 Å². The molecule has 16 heavy (non-hydrogen) atoms. The zero-order valence-corrected chi connectivity index (χ0v) is 10.3. The number of fused-ring (bicyclic) bond motifs is 1. The standard InChI is InChI=1S/C11H9BrO4/c1-5-7-3-6(15-2)4-8(12)10(7)16-9(5)11(13)14/h3-4H,1-2H3,(H,13,14). The Morgan fingerprint density at radius 3 is 2.75 bits per heavy atom. The van der Waals surface area contributed by atoms with Gasteiger partial charge in [0.2, 0.25) is 5.76 Å². The number of furan rings is 1. The Kier molecular flexibility index (Phi) is 2.63. The summed E-state index contributed by atoms with van der Waals surface area (Å²) in [5, 5.41) is 9.68. The molecule has 5 heteroatoms. The van der Waals surface area contributed by atoms with Crippen LogP contribution in [0.3, 0.4) is 0 Å². The van der Waals surface area contributed by atoms with Gasteiger partial charge in [-0.2, -0.15) is 0 Å². The number of ether oxygens (including phenoxy) is 1. The molecule has 1 N–H and O–H groups in total. The maximum absolute atomic E-state index is 10.9. The van der Waals surface area contributed by atoms with E-state index in [1.54, 1.807) is 26.2 Å². The largest absolute Gasteiger partial charge is 0.497 e. The second kappa shape index (κ2) is 3.83. The summed E-state index contributed by atoms with van der Waals surface area (Å²) in [5.74, 6) is -0.455. The fourth-order valence-corrected chi connectivity index (χ4v) is 2.09. The zero-order chi connectivity index (χ0) is 11.9. The first-order valence-electron chi connectivity index (χ1n) is 4.54. The van der Waals surface area contributed by atoms with Crippen molar-refractivity contribution < 1.29 is 19.1 Å². The van der Waals surface area contributed by atoms with Crippen molar-refractivity contribution in [3.63, 3.8) is 0 Å². The lowest BCUT2D eigenvalue weighted by Gasteiger charge is -2.00. The first kappa shape index (κ1) is 11.0. The minimum atomic E-state index is -1.07. The average molecular weight is 285 g/mol. The molecule has 1 aromatic heterocycles. The topological polar surface area (TPSA) is 59.7 Å². The van der Waals surface area contributed by atoms with Gasteiger partial charge < -0.3 is 14.3 Å². The van der Waals surface area contributed by atoms with E-state index in [0.29, 0.717) is 21.4 Å². The highest BCUT2D eigenvalue weighted by molar-refractivity contribution is 9.10. The Bertz CT molecular complexity index is 571. The summed E-state index contributed by atoms with van der Waals surface area (Å²) < 4.78 is 11.1. The van der Waals surface area contributed by atoms with Crippen LogP contribution in [0, 0.1) is 6.92 Å². The van der Waals surface area contributed by atoms with E-state index in [4.69, 9.17) is 14.3 Å². The van der Waals surface area contributed by atoms with Gasteiger partial charge in [0.05, 0.1) is 11.6 Å². The van der Waals surface area contributed by atoms with E-state index in [2.05, 4.69) is 15.9 Å². The molecule has 1 aromatic carbocycles. The van der Waals surface area contributed by atoms with Crippen LogP contribution in [-0.2, 0) is 0 Å². The normalized spacial score (nSPS) is 10.7. The summed E-state index contributed by atoms with van der Waals surface area (Å²) in [6, 6.07) is 3.49. The molecule has 0 saturated heterocycles. The van der Waals surface area contributed by atoms with Gasteiger partial charge in [-0.15, -0.1) is 0 Å². The molecule has 0 fully saturated rings. The lowest BCUT2D eigenvalue weighted by molar-refractivity contribution is 0.0664. The number of methoxy groups -OCH3 is 1. The molecular weight excluding hydrogens is 276 g/mol. The van der Waals surface area contributed by atoms with Gasteiger partial charge in [-0.25, -0.2) is 4.79 Å². The lowest BCUT2D eigenvalue weighted by Crippen LogP contribution is -1.95. The molecule has 0 aliphatic carbocycles. The van der Waals surface area contributed by atoms with E-state index in [1.807, 2.05) is 0 Å². The molecule has 0 saturated carbocycles. The fourth-order valence-electron chi connectivity index (χ4n) is 1.57. The highest BCUT2D eigenvalue weighted by Gasteiger charge is 2.18. The number of benzene rings is 1. The van der Waals surface area contributed by atoms with E-state index in [-0.39, 0.29) is 5.76 Å². The van der Waals surface area contributed by atoms with Crippen molar-refractivity contribution in [1.29, 1.82) is 0 Å². The monoisotopic (exact) mass is 284 g/mol. The number of hydrogen-bond acceptors (Lipinski definition) is 3. The van der Waals surface area contributed by atoms with E-state index in [0.717, 1.165) is 5.39 Å². The van der Waals surface area contributed by atoms with Gasteiger partial charge in [-0.05, 0) is 35.0 Å². The van der Waals surface area contributed by atoms with Crippen LogP contribution in [0.1, 0.15) is 16.1 Å². The SMILES string of the molecule is COc1cc(Br)c2oc(C(=O)O)c(C)c2c1. The van der Waals surface area contributed by atoms with Crippen molar-refractivity contribution in [2.75, 3.05) is 7.11 Å². The molecule has 0 bridgehead atoms. The van der Waals surface area contributed by atoms with E-state index in [9.17, 15) is 4.79 Å². The molecular formula is C11H9BrO4. The van der Waals surface area contributed by atoms with Crippen LogP contribution in [0.15, 0.2) is 21.0 Å². The van der Waals surface area contributed by atoms with E-state index < -0.39 is 5.97 Å². The Labute approximate surface area is 99.9 Å². The number of carboxylic acid groups (broad SMARTS) is 1. The first-order valence-corrected chi connectivity index (χ1v) is 5.34. The summed E-state index contributed by atoms with van der Waals surface area (Å²) in [6.07, 6.45) is 0. The summed E-state index contributed by atoms with van der Waals surface area (Å²) in [7, 11) is 1.56. The fraction of sp³-hybridized carbons (Fsp3) is 0.182. The minimum absolute atomic E-state index is 0.0380. The summed E-state index contributed by atoms with van der Waals surface area (Å²) in [5.41, 5.74) is 1.12. The molecule has 2 rings (SSSR count). The summed E-state index contributed by atoms with van der Waals surface area (Å²) in [4.78, 5) is 10.9. The summed E-state index contributed by atoms with van der Waals surface area (Å²) in [6.45, 7) is 1.71. The number of halogens is 1. The van der Waals surface area contributed by atoms with Crippen LogP contribution >= 0.6 is 15.9 Å². The maximum atomic E-state index is 10.9. The third-order valence-electron chi connectivity index (χ3n) is 2.40. The number of carboxylic acids is 1. The highest BCUT2D eigenvalue weighted by Crippen LogP contribution is 2.34. The molecule has 0 aliphatic heterocycles. The number of aryl methyl sites for hydroxylation is 1. The molecule has 0 atom stereocenters. The lowest BCUT2D eigenvalue weighted by atomic mass is 10.1. The predicted molar refractivity (Wildman–Crippen MR) is 62.2 cm³/mol. The Balaban J connectivity index is 2.81. The van der Waals surface area contributed by atoms with E-state index >= 15 is 0 Å². The number of hydrogen-bond donors (Lipinski definition) is 1. The van der Waals surface area contributed by atoms with Gasteiger partial charge in [0.1, 0.15) is 11.3 Å². The molecule has 0 spiro atoms. The second-order valence-electron chi connectivity index (χ2n) is 3.35. The molecule has 0 amide bonds. The predicted octanol–water partition coefficient (Wildman–Crippen LogP) is 3.21. The first-order chi connectivity index (χ1) is 7.54. The van der Waals surface area contributed by atoms with Gasteiger partial charge in [0.15, 0.2) is 0 Å². The third kappa shape index (κ3) is 1.57. The number of carbonyl (C=O) groups is 1. The molecule has 4 nitrogen and oxygen atoms in total. The Morgan fingerprint density at radius 2 is 2.19 bits per heavy atom. The van der Waals surface area contributed by atoms with Crippen molar-refractivity contribution in [2.45, 2.75) is 6.92 Å². The van der Waals surface area contributed by atoms with Gasteiger partial charge in [0.25, 0.3) is 0 Å². The maximum Gasteiger partial charge on any atom is 0.372 e. The molecule has 0 aliphatic rings.